The zero-order valence-electron chi connectivity index (χ0n) is 16.7. The first kappa shape index (κ1) is 19.4. The standard InChI is InChI=1S/C26H26O2Si/c1-28-26(27)18-17-21-19-22(21)20-29(23-11-5-2-6-12-23,24-13-7-3-8-14-24)25-15-9-4-10-16-25/h2-18,21-22H,19-20H2,1H3/b18-17+/t21-,22+/m0/s1. The summed E-state index contributed by atoms with van der Waals surface area (Å²) in [4.78, 5) is 11.5. The van der Waals surface area contributed by atoms with E-state index in [2.05, 4.69) is 91.0 Å². The first-order valence-corrected chi connectivity index (χ1v) is 12.4. The van der Waals surface area contributed by atoms with Crippen LogP contribution in [0.25, 0.3) is 0 Å². The summed E-state index contributed by atoms with van der Waals surface area (Å²) in [5, 5.41) is 4.33. The van der Waals surface area contributed by atoms with Gasteiger partial charge in [0.05, 0.1) is 7.11 Å². The first-order chi connectivity index (χ1) is 14.2. The number of carbonyl (C=O) groups excluding carboxylic acids is 1. The topological polar surface area (TPSA) is 26.3 Å². The molecule has 3 heteroatoms. The van der Waals surface area contributed by atoms with Crippen LogP contribution in [-0.2, 0) is 9.53 Å². The van der Waals surface area contributed by atoms with Gasteiger partial charge < -0.3 is 4.74 Å². The Morgan fingerprint density at radius 1 is 0.862 bits per heavy atom. The molecule has 0 spiro atoms. The van der Waals surface area contributed by atoms with E-state index in [4.69, 9.17) is 4.74 Å². The van der Waals surface area contributed by atoms with E-state index in [0.717, 1.165) is 12.5 Å². The van der Waals surface area contributed by atoms with E-state index in [0.29, 0.717) is 11.8 Å². The number of methoxy groups -OCH3 is 1. The van der Waals surface area contributed by atoms with E-state index >= 15 is 0 Å². The molecule has 0 bridgehead atoms. The van der Waals surface area contributed by atoms with E-state index < -0.39 is 8.07 Å². The second-order valence-corrected chi connectivity index (χ2v) is 11.7. The van der Waals surface area contributed by atoms with Gasteiger partial charge >= 0.3 is 5.97 Å². The van der Waals surface area contributed by atoms with Gasteiger partial charge in [-0.3, -0.25) is 0 Å². The molecular weight excluding hydrogens is 372 g/mol. The molecule has 0 unspecified atom stereocenters. The largest absolute Gasteiger partial charge is 0.466 e. The Bertz CT molecular complexity index is 871. The molecule has 0 N–H and O–H groups in total. The van der Waals surface area contributed by atoms with Crippen LogP contribution in [0, 0.1) is 11.8 Å². The highest BCUT2D eigenvalue weighted by atomic mass is 28.3. The van der Waals surface area contributed by atoms with Gasteiger partial charge in [-0.15, -0.1) is 0 Å². The van der Waals surface area contributed by atoms with E-state index in [-0.39, 0.29) is 5.97 Å². The third-order valence-electron chi connectivity index (χ3n) is 6.03. The Morgan fingerprint density at radius 3 is 1.72 bits per heavy atom. The molecule has 3 aromatic rings. The zero-order valence-corrected chi connectivity index (χ0v) is 17.7. The van der Waals surface area contributed by atoms with E-state index in [9.17, 15) is 4.79 Å². The smallest absolute Gasteiger partial charge is 0.330 e. The molecule has 0 amide bonds. The van der Waals surface area contributed by atoms with Crippen molar-refractivity contribution in [2.45, 2.75) is 12.5 Å². The molecule has 29 heavy (non-hydrogen) atoms. The van der Waals surface area contributed by atoms with E-state index in [1.165, 1.54) is 22.7 Å². The maximum atomic E-state index is 11.5. The van der Waals surface area contributed by atoms with Crippen LogP contribution in [-0.4, -0.2) is 21.2 Å². The van der Waals surface area contributed by atoms with Gasteiger partial charge in [-0.2, -0.15) is 0 Å². The minimum absolute atomic E-state index is 0.270. The van der Waals surface area contributed by atoms with Crippen molar-refractivity contribution in [2.24, 2.45) is 11.8 Å². The number of hydrogen-bond acceptors (Lipinski definition) is 2. The predicted octanol–water partition coefficient (Wildman–Crippen LogP) is 3.52. The molecule has 0 heterocycles. The van der Waals surface area contributed by atoms with Crippen LogP contribution in [0.1, 0.15) is 6.42 Å². The molecular formula is C26H26O2Si. The molecule has 2 nitrogen and oxygen atoms in total. The van der Waals surface area contributed by atoms with Crippen molar-refractivity contribution in [3.8, 4) is 0 Å². The predicted molar refractivity (Wildman–Crippen MR) is 122 cm³/mol. The van der Waals surface area contributed by atoms with Gasteiger partial charge in [0.25, 0.3) is 0 Å². The second-order valence-electron chi connectivity index (χ2n) is 7.75. The minimum atomic E-state index is -2.18. The average molecular weight is 399 g/mol. The van der Waals surface area contributed by atoms with Crippen molar-refractivity contribution >= 4 is 29.6 Å². The molecule has 146 valence electrons. The highest BCUT2D eigenvalue weighted by Gasteiger charge is 2.47. The second kappa shape index (κ2) is 8.62. The van der Waals surface area contributed by atoms with Gasteiger partial charge in [0.1, 0.15) is 8.07 Å². The molecule has 3 aromatic carbocycles. The van der Waals surface area contributed by atoms with E-state index in [1.807, 2.05) is 6.08 Å². The lowest BCUT2D eigenvalue weighted by atomic mass is 10.3. The minimum Gasteiger partial charge on any atom is -0.466 e. The fraction of sp³-hybridized carbons (Fsp3) is 0.192. The van der Waals surface area contributed by atoms with Gasteiger partial charge in [-0.25, -0.2) is 4.79 Å². The Labute approximate surface area is 173 Å². The van der Waals surface area contributed by atoms with Crippen LogP contribution >= 0.6 is 0 Å². The lowest BCUT2D eigenvalue weighted by Gasteiger charge is -2.34. The SMILES string of the molecule is COC(=O)/C=C/[C@H]1C[C@@H]1C[Si](c1ccccc1)(c1ccccc1)c1ccccc1. The Morgan fingerprint density at radius 2 is 1.31 bits per heavy atom. The lowest BCUT2D eigenvalue weighted by molar-refractivity contribution is -0.134. The summed E-state index contributed by atoms with van der Waals surface area (Å²) in [6.45, 7) is 0. The van der Waals surface area contributed by atoms with Gasteiger partial charge in [0, 0.05) is 6.08 Å². The number of benzene rings is 3. The Kier molecular flexibility index (Phi) is 5.77. The summed E-state index contributed by atoms with van der Waals surface area (Å²) in [5.41, 5.74) is 0. The molecule has 1 aliphatic rings. The fourth-order valence-corrected chi connectivity index (χ4v) is 9.67. The van der Waals surface area contributed by atoms with Crippen molar-refractivity contribution in [1.29, 1.82) is 0 Å². The van der Waals surface area contributed by atoms with Crippen molar-refractivity contribution < 1.29 is 9.53 Å². The Hall–Kier alpha value is -2.91. The van der Waals surface area contributed by atoms with Crippen LogP contribution in [0.2, 0.25) is 6.04 Å². The molecule has 0 saturated heterocycles. The zero-order chi connectivity index (χ0) is 20.1. The third kappa shape index (κ3) is 4.10. The van der Waals surface area contributed by atoms with Crippen molar-refractivity contribution in [3.63, 3.8) is 0 Å². The number of ether oxygens (including phenoxy) is 1. The van der Waals surface area contributed by atoms with Gasteiger partial charge in [0.2, 0.25) is 0 Å². The normalized spacial score (nSPS) is 18.5. The highest BCUT2D eigenvalue weighted by Crippen LogP contribution is 2.45. The Balaban J connectivity index is 1.77. The van der Waals surface area contributed by atoms with Crippen LogP contribution in [0.15, 0.2) is 103 Å². The van der Waals surface area contributed by atoms with Crippen molar-refractivity contribution in [2.75, 3.05) is 7.11 Å². The fourth-order valence-electron chi connectivity index (χ4n) is 4.43. The maximum absolute atomic E-state index is 11.5. The van der Waals surface area contributed by atoms with Gasteiger partial charge in [0.15, 0.2) is 0 Å². The summed E-state index contributed by atoms with van der Waals surface area (Å²) in [6.07, 6.45) is 4.76. The number of esters is 1. The third-order valence-corrected chi connectivity index (χ3v) is 11.1. The van der Waals surface area contributed by atoms with Crippen molar-refractivity contribution in [1.82, 2.24) is 0 Å². The average Bonchev–Trinajstić information content (AvgIpc) is 3.55. The van der Waals surface area contributed by atoms with Crippen LogP contribution in [0.3, 0.4) is 0 Å². The molecule has 0 aliphatic heterocycles. The summed E-state index contributed by atoms with van der Waals surface area (Å²) < 4.78 is 4.76. The maximum Gasteiger partial charge on any atom is 0.330 e. The van der Waals surface area contributed by atoms with Crippen molar-refractivity contribution in [3.05, 3.63) is 103 Å². The van der Waals surface area contributed by atoms with Crippen LogP contribution in [0.4, 0.5) is 0 Å². The molecule has 4 rings (SSSR count). The highest BCUT2D eigenvalue weighted by molar-refractivity contribution is 7.11. The number of allylic oxidation sites excluding steroid dienone is 1. The quantitative estimate of drug-likeness (QED) is 0.263. The van der Waals surface area contributed by atoms with E-state index in [1.54, 1.807) is 6.08 Å². The van der Waals surface area contributed by atoms with Gasteiger partial charge in [-0.1, -0.05) is 97.1 Å². The monoisotopic (exact) mass is 398 g/mol. The summed E-state index contributed by atoms with van der Waals surface area (Å²) in [7, 11) is -0.755. The summed E-state index contributed by atoms with van der Waals surface area (Å²) in [6, 6.07) is 34.2. The molecule has 1 fully saturated rings. The van der Waals surface area contributed by atoms with Crippen LogP contribution in [0.5, 0.6) is 0 Å². The van der Waals surface area contributed by atoms with Gasteiger partial charge in [-0.05, 0) is 39.9 Å². The summed E-state index contributed by atoms with van der Waals surface area (Å²) >= 11 is 0. The number of carbonyl (C=O) groups is 1. The molecule has 1 aliphatic carbocycles. The first-order valence-electron chi connectivity index (χ1n) is 10.2. The summed E-state index contributed by atoms with van der Waals surface area (Å²) in [5.74, 6) is 0.772. The molecule has 1 saturated carbocycles. The lowest BCUT2D eigenvalue weighted by Crippen LogP contribution is -2.67. The number of rotatable bonds is 7. The number of hydrogen-bond donors (Lipinski definition) is 0. The molecule has 0 aromatic heterocycles. The molecule has 0 radical (unpaired) electrons. The molecule has 2 atom stereocenters. The van der Waals surface area contributed by atoms with Crippen LogP contribution < -0.4 is 15.6 Å².